The van der Waals surface area contributed by atoms with Gasteiger partial charge in [0.05, 0.1) is 11.0 Å². The molecule has 4 heteroatoms. The maximum absolute atomic E-state index is 6.47. The zero-order valence-corrected chi connectivity index (χ0v) is 21.3. The fraction of sp³-hybridized carbons (Fsp3) is 0. The summed E-state index contributed by atoms with van der Waals surface area (Å²) in [5, 5.41) is 4.02. The number of pyridine rings is 2. The van der Waals surface area contributed by atoms with E-state index in [4.69, 9.17) is 18.8 Å². The number of hydrogen-bond acceptors (Lipinski definition) is 4. The van der Waals surface area contributed by atoms with Gasteiger partial charge < -0.3 is 8.83 Å². The number of hydrogen-bond donors (Lipinski definition) is 0. The number of nitrogens with zero attached hydrogens (tertiary/aromatic N) is 2. The van der Waals surface area contributed by atoms with Gasteiger partial charge in [0.1, 0.15) is 22.2 Å². The molecule has 4 heterocycles. The summed E-state index contributed by atoms with van der Waals surface area (Å²) in [6.07, 6.45) is 0. The Bertz CT molecular complexity index is 2250. The molecule has 4 nitrogen and oxygen atoms in total. The maximum atomic E-state index is 6.47. The standard InChI is InChI=1S/C36H20N2O2/c1-3-11-21(12-4-1)31-25-19-28-26(20-27(25)37-33-23-15-7-9-17-29(23)39-35(31)33)32(22-13-5-2-6-14-22)36-34(38-28)24-16-8-10-18-30(24)40-36/h1-20H. The molecule has 0 amide bonds. The first-order chi connectivity index (χ1) is 19.8. The highest BCUT2D eigenvalue weighted by molar-refractivity contribution is 6.20. The maximum Gasteiger partial charge on any atom is 0.162 e. The number of furan rings is 2. The molecule has 0 unspecified atom stereocenters. The normalized spacial score (nSPS) is 12.0. The van der Waals surface area contributed by atoms with Crippen LogP contribution in [0.5, 0.6) is 0 Å². The summed E-state index contributed by atoms with van der Waals surface area (Å²) in [7, 11) is 0. The summed E-state index contributed by atoms with van der Waals surface area (Å²) >= 11 is 0. The molecule has 0 saturated carbocycles. The minimum absolute atomic E-state index is 0.789. The van der Waals surface area contributed by atoms with Gasteiger partial charge in [-0.05, 0) is 47.5 Å². The minimum atomic E-state index is 0.789. The molecule has 0 spiro atoms. The average molecular weight is 513 g/mol. The molecule has 4 aromatic heterocycles. The number of aromatic nitrogens is 2. The van der Waals surface area contributed by atoms with Gasteiger partial charge in [-0.15, -0.1) is 0 Å². The lowest BCUT2D eigenvalue weighted by molar-refractivity contribution is 0.669. The van der Waals surface area contributed by atoms with Crippen molar-refractivity contribution in [3.63, 3.8) is 0 Å². The SMILES string of the molecule is c1ccc(-c2c3cc4nc5c(oc6ccccc65)c(-c5ccccc5)c4cc3nc3c2oc2ccccc23)cc1. The van der Waals surface area contributed by atoms with Crippen LogP contribution in [0.4, 0.5) is 0 Å². The number of benzene rings is 5. The molecular weight excluding hydrogens is 492 g/mol. The van der Waals surface area contributed by atoms with Crippen molar-refractivity contribution in [2.24, 2.45) is 0 Å². The Morgan fingerprint density at radius 2 is 0.800 bits per heavy atom. The number of para-hydroxylation sites is 2. The summed E-state index contributed by atoms with van der Waals surface area (Å²) in [4.78, 5) is 10.4. The van der Waals surface area contributed by atoms with Crippen molar-refractivity contribution in [2.45, 2.75) is 0 Å². The molecule has 0 fully saturated rings. The van der Waals surface area contributed by atoms with Crippen LogP contribution < -0.4 is 0 Å². The van der Waals surface area contributed by atoms with Crippen molar-refractivity contribution in [2.75, 3.05) is 0 Å². The van der Waals surface area contributed by atoms with Gasteiger partial charge in [-0.3, -0.25) is 0 Å². The van der Waals surface area contributed by atoms with E-state index in [1.165, 1.54) is 0 Å². The monoisotopic (exact) mass is 512 g/mol. The highest BCUT2D eigenvalue weighted by Crippen LogP contribution is 2.44. The van der Waals surface area contributed by atoms with Crippen LogP contribution >= 0.6 is 0 Å². The van der Waals surface area contributed by atoms with Gasteiger partial charge in [-0.2, -0.15) is 0 Å². The Balaban J connectivity index is 1.51. The molecule has 9 aromatic rings. The lowest BCUT2D eigenvalue weighted by Gasteiger charge is -2.12. The van der Waals surface area contributed by atoms with Crippen molar-refractivity contribution in [3.8, 4) is 22.3 Å². The molecule has 0 aliphatic rings. The van der Waals surface area contributed by atoms with Gasteiger partial charge in [0, 0.05) is 32.7 Å². The van der Waals surface area contributed by atoms with E-state index >= 15 is 0 Å². The topological polar surface area (TPSA) is 52.1 Å². The lowest BCUT2D eigenvalue weighted by Crippen LogP contribution is -1.92. The van der Waals surface area contributed by atoms with Crippen LogP contribution in [0.15, 0.2) is 130 Å². The van der Waals surface area contributed by atoms with E-state index in [2.05, 4.69) is 72.8 Å². The fourth-order valence-corrected chi connectivity index (χ4v) is 6.06. The number of fused-ring (bicyclic) bond motifs is 8. The zero-order chi connectivity index (χ0) is 26.2. The molecule has 0 saturated heterocycles. The second-order valence-electron chi connectivity index (χ2n) is 10.1. The smallest absolute Gasteiger partial charge is 0.162 e. The summed E-state index contributed by atoms with van der Waals surface area (Å²) in [5.41, 5.74) is 10.9. The van der Waals surface area contributed by atoms with Crippen molar-refractivity contribution in [3.05, 3.63) is 121 Å². The Morgan fingerprint density at radius 1 is 0.400 bits per heavy atom. The van der Waals surface area contributed by atoms with Crippen molar-refractivity contribution in [1.82, 2.24) is 9.97 Å². The minimum Gasteiger partial charge on any atom is -0.454 e. The van der Waals surface area contributed by atoms with Crippen molar-refractivity contribution >= 4 is 65.9 Å². The van der Waals surface area contributed by atoms with Gasteiger partial charge in [0.2, 0.25) is 0 Å². The van der Waals surface area contributed by atoms with Crippen LogP contribution in [0, 0.1) is 0 Å². The van der Waals surface area contributed by atoms with Crippen LogP contribution in [0.3, 0.4) is 0 Å². The molecule has 0 aliphatic carbocycles. The third kappa shape index (κ3) is 2.96. The molecular formula is C36H20N2O2. The third-order valence-corrected chi connectivity index (χ3v) is 7.83. The first-order valence-corrected chi connectivity index (χ1v) is 13.3. The number of rotatable bonds is 2. The Labute approximate surface area is 228 Å². The summed E-state index contributed by atoms with van der Waals surface area (Å²) in [5.74, 6) is 0. The second-order valence-corrected chi connectivity index (χ2v) is 10.1. The van der Waals surface area contributed by atoms with Crippen molar-refractivity contribution < 1.29 is 8.83 Å². The fourth-order valence-electron chi connectivity index (χ4n) is 6.06. The van der Waals surface area contributed by atoms with Crippen molar-refractivity contribution in [1.29, 1.82) is 0 Å². The molecule has 0 atom stereocenters. The van der Waals surface area contributed by atoms with E-state index < -0.39 is 0 Å². The predicted octanol–water partition coefficient (Wildman–Crippen LogP) is 9.92. The molecule has 0 aliphatic heterocycles. The summed E-state index contributed by atoms with van der Waals surface area (Å²) in [6, 6.07) is 41.3. The molecule has 40 heavy (non-hydrogen) atoms. The average Bonchev–Trinajstić information content (AvgIpc) is 3.56. The van der Waals surface area contributed by atoms with Gasteiger partial charge >= 0.3 is 0 Å². The summed E-state index contributed by atoms with van der Waals surface area (Å²) < 4.78 is 12.9. The third-order valence-electron chi connectivity index (χ3n) is 7.83. The van der Waals surface area contributed by atoms with Gasteiger partial charge in [0.25, 0.3) is 0 Å². The first-order valence-electron chi connectivity index (χ1n) is 13.3. The van der Waals surface area contributed by atoms with E-state index in [0.29, 0.717) is 0 Å². The highest BCUT2D eigenvalue weighted by Gasteiger charge is 2.22. The largest absolute Gasteiger partial charge is 0.454 e. The van der Waals surface area contributed by atoms with E-state index in [9.17, 15) is 0 Å². The molecule has 0 bridgehead atoms. The molecule has 0 radical (unpaired) electrons. The predicted molar refractivity (Wildman–Crippen MR) is 162 cm³/mol. The Hall–Kier alpha value is -5.48. The van der Waals surface area contributed by atoms with E-state index in [1.54, 1.807) is 0 Å². The van der Waals surface area contributed by atoms with Crippen LogP contribution in [-0.4, -0.2) is 9.97 Å². The molecule has 186 valence electrons. The van der Waals surface area contributed by atoms with Gasteiger partial charge in [0.15, 0.2) is 11.2 Å². The highest BCUT2D eigenvalue weighted by atomic mass is 16.3. The molecule has 0 N–H and O–H groups in total. The van der Waals surface area contributed by atoms with Crippen LogP contribution in [0.2, 0.25) is 0 Å². The van der Waals surface area contributed by atoms with E-state index in [1.807, 2.05) is 48.5 Å². The second kappa shape index (κ2) is 8.01. The van der Waals surface area contributed by atoms with Crippen LogP contribution in [0.1, 0.15) is 0 Å². The van der Waals surface area contributed by atoms with E-state index in [0.717, 1.165) is 88.2 Å². The molecule has 5 aromatic carbocycles. The Kier molecular flexibility index (Phi) is 4.30. The van der Waals surface area contributed by atoms with Gasteiger partial charge in [-0.1, -0.05) is 84.9 Å². The van der Waals surface area contributed by atoms with E-state index in [-0.39, 0.29) is 0 Å². The first kappa shape index (κ1) is 21.5. The zero-order valence-electron chi connectivity index (χ0n) is 21.3. The Morgan fingerprint density at radius 3 is 1.25 bits per heavy atom. The summed E-state index contributed by atoms with van der Waals surface area (Å²) in [6.45, 7) is 0. The lowest BCUT2D eigenvalue weighted by atomic mass is 9.95. The van der Waals surface area contributed by atoms with Crippen LogP contribution in [-0.2, 0) is 0 Å². The quantitative estimate of drug-likeness (QED) is 0.216. The van der Waals surface area contributed by atoms with Crippen LogP contribution in [0.25, 0.3) is 88.2 Å². The molecule has 9 rings (SSSR count). The van der Waals surface area contributed by atoms with Gasteiger partial charge in [-0.25, -0.2) is 9.97 Å².